The van der Waals surface area contributed by atoms with Gasteiger partial charge in [-0.1, -0.05) is 6.42 Å². The first-order chi connectivity index (χ1) is 8.05. The molecule has 0 radical (unpaired) electrons. The van der Waals surface area contributed by atoms with Gasteiger partial charge in [0.1, 0.15) is 0 Å². The Morgan fingerprint density at radius 2 is 2.24 bits per heavy atom. The summed E-state index contributed by atoms with van der Waals surface area (Å²) in [5.74, 6) is -1.13. The number of thiazole rings is 1. The molecule has 2 atom stereocenters. The summed E-state index contributed by atoms with van der Waals surface area (Å²) in [5.41, 5.74) is 1.73. The molecule has 2 nitrogen and oxygen atoms in total. The number of halogens is 3. The Balaban J connectivity index is 1.81. The van der Waals surface area contributed by atoms with Gasteiger partial charge >= 0.3 is 6.18 Å². The molecule has 17 heavy (non-hydrogen) atoms. The fraction of sp³-hybridized carbons (Fsp3) is 0.727. The molecule has 1 N–H and O–H groups in total. The van der Waals surface area contributed by atoms with Gasteiger partial charge in [-0.05, 0) is 19.3 Å². The van der Waals surface area contributed by atoms with Gasteiger partial charge < -0.3 is 5.32 Å². The molecule has 0 aromatic carbocycles. The lowest BCUT2D eigenvalue weighted by Crippen LogP contribution is -2.38. The van der Waals surface area contributed by atoms with Crippen LogP contribution in [-0.4, -0.2) is 17.2 Å². The van der Waals surface area contributed by atoms with Gasteiger partial charge in [0.2, 0.25) is 0 Å². The molecule has 1 aliphatic rings. The van der Waals surface area contributed by atoms with Crippen molar-refractivity contribution in [1.82, 2.24) is 10.3 Å². The van der Waals surface area contributed by atoms with Crippen molar-refractivity contribution in [1.29, 1.82) is 0 Å². The summed E-state index contributed by atoms with van der Waals surface area (Å²) in [6, 6.07) is -0.0162. The highest BCUT2D eigenvalue weighted by molar-refractivity contribution is 7.09. The maximum absolute atomic E-state index is 12.6. The number of hydrogen-bond donors (Lipinski definition) is 1. The minimum atomic E-state index is -4.04. The Bertz CT molecular complexity index is 337. The van der Waals surface area contributed by atoms with Crippen molar-refractivity contribution < 1.29 is 13.2 Å². The fourth-order valence-corrected chi connectivity index (χ4v) is 2.79. The van der Waals surface area contributed by atoms with Crippen LogP contribution in [-0.2, 0) is 6.54 Å². The molecule has 96 valence electrons. The van der Waals surface area contributed by atoms with E-state index in [0.29, 0.717) is 13.0 Å². The highest BCUT2D eigenvalue weighted by Crippen LogP contribution is 2.37. The first kappa shape index (κ1) is 12.8. The third kappa shape index (κ3) is 3.67. The topological polar surface area (TPSA) is 24.9 Å². The van der Waals surface area contributed by atoms with Crippen LogP contribution < -0.4 is 5.32 Å². The monoisotopic (exact) mass is 264 g/mol. The first-order valence-electron chi connectivity index (χ1n) is 5.73. The molecule has 0 bridgehead atoms. The number of rotatable bonds is 3. The summed E-state index contributed by atoms with van der Waals surface area (Å²) >= 11 is 1.52. The second kappa shape index (κ2) is 5.35. The van der Waals surface area contributed by atoms with Gasteiger partial charge in [-0.2, -0.15) is 13.2 Å². The summed E-state index contributed by atoms with van der Waals surface area (Å²) in [5, 5.41) is 3.20. The van der Waals surface area contributed by atoms with Crippen LogP contribution in [0, 0.1) is 5.92 Å². The van der Waals surface area contributed by atoms with Crippen LogP contribution >= 0.6 is 11.3 Å². The average molecular weight is 264 g/mol. The smallest absolute Gasteiger partial charge is 0.309 e. The van der Waals surface area contributed by atoms with Gasteiger partial charge in [-0.25, -0.2) is 0 Å². The molecule has 2 rings (SSSR count). The maximum Gasteiger partial charge on any atom is 0.391 e. The molecule has 1 saturated carbocycles. The van der Waals surface area contributed by atoms with Crippen LogP contribution in [0.2, 0.25) is 0 Å². The molecule has 0 amide bonds. The third-order valence-corrected chi connectivity index (χ3v) is 3.97. The van der Waals surface area contributed by atoms with E-state index in [4.69, 9.17) is 0 Å². The molecule has 1 heterocycles. The fourth-order valence-electron chi connectivity index (χ4n) is 2.25. The Morgan fingerprint density at radius 1 is 1.41 bits per heavy atom. The molecule has 0 aliphatic heterocycles. The summed E-state index contributed by atoms with van der Waals surface area (Å²) in [6.07, 6.45) is -0.299. The molecule has 2 unspecified atom stereocenters. The Morgan fingerprint density at radius 3 is 2.88 bits per heavy atom. The third-order valence-electron chi connectivity index (χ3n) is 3.19. The molecule has 0 saturated heterocycles. The van der Waals surface area contributed by atoms with Gasteiger partial charge in [0, 0.05) is 23.7 Å². The second-order valence-electron chi connectivity index (χ2n) is 4.45. The van der Waals surface area contributed by atoms with Gasteiger partial charge in [-0.15, -0.1) is 11.3 Å². The first-order valence-corrected chi connectivity index (χ1v) is 6.61. The quantitative estimate of drug-likeness (QED) is 0.905. The zero-order valence-electron chi connectivity index (χ0n) is 9.33. The van der Waals surface area contributed by atoms with Crippen molar-refractivity contribution in [3.05, 3.63) is 16.6 Å². The summed E-state index contributed by atoms with van der Waals surface area (Å²) in [7, 11) is 0. The number of alkyl halides is 3. The normalized spacial score (nSPS) is 26.1. The number of nitrogens with zero attached hydrogens (tertiary/aromatic N) is 1. The summed E-state index contributed by atoms with van der Waals surface area (Å²) in [6.45, 7) is 0.625. The zero-order chi connectivity index (χ0) is 12.3. The SMILES string of the molecule is FC(F)(F)C1CCCC(NCc2cncs2)C1. The van der Waals surface area contributed by atoms with Crippen LogP contribution in [0.25, 0.3) is 0 Å². The largest absolute Gasteiger partial charge is 0.391 e. The van der Waals surface area contributed by atoms with Crippen molar-refractivity contribution in [2.24, 2.45) is 5.92 Å². The molecule has 1 aliphatic carbocycles. The van der Waals surface area contributed by atoms with E-state index in [-0.39, 0.29) is 18.9 Å². The average Bonchev–Trinajstić information content (AvgIpc) is 2.78. The van der Waals surface area contributed by atoms with Gasteiger partial charge in [-0.3, -0.25) is 4.98 Å². The zero-order valence-corrected chi connectivity index (χ0v) is 10.2. The van der Waals surface area contributed by atoms with Gasteiger partial charge in [0.25, 0.3) is 0 Å². The molecule has 6 heteroatoms. The highest BCUT2D eigenvalue weighted by Gasteiger charge is 2.41. The predicted molar refractivity (Wildman–Crippen MR) is 60.8 cm³/mol. The van der Waals surface area contributed by atoms with Crippen molar-refractivity contribution in [3.63, 3.8) is 0 Å². The molecular formula is C11H15F3N2S. The number of hydrogen-bond acceptors (Lipinski definition) is 3. The lowest BCUT2D eigenvalue weighted by molar-refractivity contribution is -0.183. The standard InChI is InChI=1S/C11H15F3N2S/c12-11(13,14)8-2-1-3-9(4-8)16-6-10-5-15-7-17-10/h5,7-9,16H,1-4,6H2. The van der Waals surface area contributed by atoms with E-state index in [1.807, 2.05) is 0 Å². The van der Waals surface area contributed by atoms with Crippen LogP contribution in [0.3, 0.4) is 0 Å². The van der Waals surface area contributed by atoms with Crippen LogP contribution in [0.5, 0.6) is 0 Å². The molecule has 0 spiro atoms. The predicted octanol–water partition coefficient (Wildman–Crippen LogP) is 3.35. The van der Waals surface area contributed by atoms with Crippen molar-refractivity contribution in [2.45, 2.75) is 44.4 Å². The van der Waals surface area contributed by atoms with E-state index < -0.39 is 12.1 Å². The molecule has 1 aromatic rings. The second-order valence-corrected chi connectivity index (χ2v) is 5.42. The Hall–Kier alpha value is -0.620. The molecule has 1 aromatic heterocycles. The van der Waals surface area contributed by atoms with Crippen LogP contribution in [0.4, 0.5) is 13.2 Å². The summed E-state index contributed by atoms with van der Waals surface area (Å²) in [4.78, 5) is 5.01. The Kier molecular flexibility index (Phi) is 4.04. The molecular weight excluding hydrogens is 249 g/mol. The summed E-state index contributed by atoms with van der Waals surface area (Å²) < 4.78 is 37.8. The highest BCUT2D eigenvalue weighted by atomic mass is 32.1. The van der Waals surface area contributed by atoms with Crippen LogP contribution in [0.15, 0.2) is 11.7 Å². The van der Waals surface area contributed by atoms with E-state index >= 15 is 0 Å². The van der Waals surface area contributed by atoms with E-state index in [1.54, 1.807) is 11.7 Å². The van der Waals surface area contributed by atoms with E-state index in [9.17, 15) is 13.2 Å². The number of nitrogens with one attached hydrogen (secondary N) is 1. The minimum Gasteiger partial charge on any atom is -0.309 e. The van der Waals surface area contributed by atoms with Crippen molar-refractivity contribution in [3.8, 4) is 0 Å². The van der Waals surface area contributed by atoms with Gasteiger partial charge in [0.05, 0.1) is 11.4 Å². The van der Waals surface area contributed by atoms with E-state index in [1.165, 1.54) is 11.3 Å². The number of aromatic nitrogens is 1. The lowest BCUT2D eigenvalue weighted by atomic mass is 9.85. The van der Waals surface area contributed by atoms with Crippen LogP contribution in [0.1, 0.15) is 30.6 Å². The minimum absolute atomic E-state index is 0.0162. The maximum atomic E-state index is 12.6. The van der Waals surface area contributed by atoms with E-state index in [0.717, 1.165) is 11.3 Å². The lowest BCUT2D eigenvalue weighted by Gasteiger charge is -2.31. The van der Waals surface area contributed by atoms with Crippen molar-refractivity contribution in [2.75, 3.05) is 0 Å². The molecule has 1 fully saturated rings. The van der Waals surface area contributed by atoms with E-state index in [2.05, 4.69) is 10.3 Å². The van der Waals surface area contributed by atoms with Gasteiger partial charge in [0.15, 0.2) is 0 Å². The Labute approximate surface area is 102 Å². The van der Waals surface area contributed by atoms with Crippen molar-refractivity contribution >= 4 is 11.3 Å².